The largest absolute Gasteiger partial charge is 0.345 e. The predicted molar refractivity (Wildman–Crippen MR) is 141 cm³/mol. The number of pyridine rings is 1. The lowest BCUT2D eigenvalue weighted by atomic mass is 10.0. The molecule has 2 aliphatic rings. The van der Waals surface area contributed by atoms with Crippen molar-refractivity contribution in [3.8, 4) is 22.6 Å². The molecule has 7 heteroatoms. The molecule has 1 aliphatic carbocycles. The Morgan fingerprint density at radius 3 is 2.53 bits per heavy atom. The highest BCUT2D eigenvalue weighted by atomic mass is 16.2. The van der Waals surface area contributed by atoms with Crippen molar-refractivity contribution in [2.45, 2.75) is 59.0 Å². The molecule has 0 spiro atoms. The van der Waals surface area contributed by atoms with Crippen molar-refractivity contribution >= 4 is 17.5 Å². The van der Waals surface area contributed by atoms with E-state index in [1.54, 1.807) is 0 Å². The van der Waals surface area contributed by atoms with E-state index in [2.05, 4.69) is 47.9 Å². The number of carbonyl (C=O) groups is 1. The molecule has 6 rings (SSSR count). The van der Waals surface area contributed by atoms with E-state index in [-0.39, 0.29) is 11.9 Å². The molecule has 1 fully saturated rings. The number of nitrogens with zero attached hydrogens (tertiary/aromatic N) is 4. The maximum atomic E-state index is 12.2. The average molecular weight is 479 g/mol. The Morgan fingerprint density at radius 2 is 1.83 bits per heavy atom. The lowest BCUT2D eigenvalue weighted by Gasteiger charge is -2.12. The molecule has 2 aromatic carbocycles. The van der Waals surface area contributed by atoms with Crippen LogP contribution in [0.15, 0.2) is 48.7 Å². The standard InChI is InChI=1S/C29H30N6O/c1-5-35-29(32-25-14-23-18(4)31-28(36)24(23)13-16(25)2)33-27(34-35)22-12-17(3)26(30-15-22)21-10-8-20(9-11-21)19-6-7-19/h8-15,18-19H,5-7H2,1-4H3,(H,31,36)(H,32,33,34). The molecule has 1 saturated carbocycles. The molecule has 1 atom stereocenters. The number of aryl methyl sites for hydroxylation is 3. The zero-order valence-electron chi connectivity index (χ0n) is 21.1. The van der Waals surface area contributed by atoms with E-state index < -0.39 is 0 Å². The fourth-order valence-corrected chi connectivity index (χ4v) is 4.99. The van der Waals surface area contributed by atoms with Crippen molar-refractivity contribution < 1.29 is 4.79 Å². The SMILES string of the molecule is CCn1nc(-c2cnc(-c3ccc(C4CC4)cc3)c(C)c2)nc1Nc1cc2c(cc1C)C(=O)NC2C. The van der Waals surface area contributed by atoms with Gasteiger partial charge in [-0.3, -0.25) is 9.78 Å². The van der Waals surface area contributed by atoms with Gasteiger partial charge in [-0.1, -0.05) is 24.3 Å². The Kier molecular flexibility index (Phi) is 5.36. The highest BCUT2D eigenvalue weighted by molar-refractivity contribution is 6.00. The van der Waals surface area contributed by atoms with Crippen LogP contribution < -0.4 is 10.6 Å². The molecule has 0 bridgehead atoms. The van der Waals surface area contributed by atoms with Gasteiger partial charge in [-0.2, -0.15) is 4.98 Å². The first-order chi connectivity index (χ1) is 17.4. The predicted octanol–water partition coefficient (Wildman–Crippen LogP) is 6.07. The van der Waals surface area contributed by atoms with Crippen molar-refractivity contribution in [1.29, 1.82) is 0 Å². The number of rotatable bonds is 6. The Labute approximate surface area is 211 Å². The molecule has 2 aromatic heterocycles. The topological polar surface area (TPSA) is 84.7 Å². The van der Waals surface area contributed by atoms with E-state index in [0.29, 0.717) is 18.3 Å². The Balaban J connectivity index is 1.28. The lowest BCUT2D eigenvalue weighted by Crippen LogP contribution is -2.16. The Hall–Kier alpha value is -4.00. The minimum absolute atomic E-state index is 0.00858. The second-order valence-corrected chi connectivity index (χ2v) is 9.94. The zero-order chi connectivity index (χ0) is 25.0. The van der Waals surface area contributed by atoms with E-state index in [1.165, 1.54) is 18.4 Å². The van der Waals surface area contributed by atoms with Gasteiger partial charge in [0.05, 0.1) is 11.7 Å². The normalized spacial score (nSPS) is 16.7. The summed E-state index contributed by atoms with van der Waals surface area (Å²) >= 11 is 0. The molecule has 2 N–H and O–H groups in total. The summed E-state index contributed by atoms with van der Waals surface area (Å²) in [6.45, 7) is 8.79. The second-order valence-electron chi connectivity index (χ2n) is 9.94. The number of nitrogens with one attached hydrogen (secondary N) is 2. The fourth-order valence-electron chi connectivity index (χ4n) is 4.99. The molecule has 36 heavy (non-hydrogen) atoms. The summed E-state index contributed by atoms with van der Waals surface area (Å²) < 4.78 is 1.86. The molecule has 1 unspecified atom stereocenters. The van der Waals surface area contributed by atoms with Crippen molar-refractivity contribution in [2.75, 3.05) is 5.32 Å². The molecule has 0 radical (unpaired) electrons. The van der Waals surface area contributed by atoms with Gasteiger partial charge in [0.25, 0.3) is 5.91 Å². The van der Waals surface area contributed by atoms with E-state index >= 15 is 0 Å². The van der Waals surface area contributed by atoms with Crippen LogP contribution in [-0.2, 0) is 6.54 Å². The number of carbonyl (C=O) groups excluding carboxylic acids is 1. The smallest absolute Gasteiger partial charge is 0.252 e. The first-order valence-electron chi connectivity index (χ1n) is 12.7. The van der Waals surface area contributed by atoms with Crippen LogP contribution in [0.5, 0.6) is 0 Å². The first kappa shape index (κ1) is 22.5. The molecule has 7 nitrogen and oxygen atoms in total. The monoisotopic (exact) mass is 478 g/mol. The number of amides is 1. The molecule has 4 aromatic rings. The summed E-state index contributed by atoms with van der Waals surface area (Å²) in [6.07, 6.45) is 4.47. The van der Waals surface area contributed by atoms with E-state index in [4.69, 9.17) is 15.1 Å². The molecular weight excluding hydrogens is 448 g/mol. The van der Waals surface area contributed by atoms with Crippen LogP contribution in [-0.4, -0.2) is 25.7 Å². The molecular formula is C29H30N6O. The molecule has 0 saturated heterocycles. The number of fused-ring (bicyclic) bond motifs is 1. The van der Waals surface area contributed by atoms with Crippen LogP contribution in [0, 0.1) is 13.8 Å². The quantitative estimate of drug-likeness (QED) is 0.351. The van der Waals surface area contributed by atoms with Crippen molar-refractivity contribution in [3.63, 3.8) is 0 Å². The van der Waals surface area contributed by atoms with Crippen LogP contribution in [0.2, 0.25) is 0 Å². The van der Waals surface area contributed by atoms with Crippen LogP contribution >= 0.6 is 0 Å². The van der Waals surface area contributed by atoms with Crippen LogP contribution in [0.3, 0.4) is 0 Å². The van der Waals surface area contributed by atoms with Gasteiger partial charge in [-0.15, -0.1) is 5.10 Å². The van der Waals surface area contributed by atoms with Gasteiger partial charge in [0, 0.05) is 35.1 Å². The van der Waals surface area contributed by atoms with Gasteiger partial charge in [0.2, 0.25) is 5.95 Å². The fraction of sp³-hybridized carbons (Fsp3) is 0.310. The number of hydrogen-bond acceptors (Lipinski definition) is 5. The first-order valence-corrected chi connectivity index (χ1v) is 12.7. The molecule has 182 valence electrons. The summed E-state index contributed by atoms with van der Waals surface area (Å²) in [6, 6.07) is 14.9. The minimum atomic E-state index is -0.0173. The second kappa shape index (κ2) is 8.59. The Bertz CT molecular complexity index is 1480. The van der Waals surface area contributed by atoms with E-state index in [0.717, 1.165) is 50.7 Å². The summed E-state index contributed by atoms with van der Waals surface area (Å²) in [7, 11) is 0. The molecule has 1 aliphatic heterocycles. The number of anilines is 2. The summed E-state index contributed by atoms with van der Waals surface area (Å²) in [5.41, 5.74) is 9.17. The zero-order valence-corrected chi connectivity index (χ0v) is 21.1. The van der Waals surface area contributed by atoms with Crippen molar-refractivity contribution in [1.82, 2.24) is 25.1 Å². The average Bonchev–Trinajstić information content (AvgIpc) is 3.59. The maximum absolute atomic E-state index is 12.2. The number of aromatic nitrogens is 4. The number of benzene rings is 2. The van der Waals surface area contributed by atoms with Crippen molar-refractivity contribution in [3.05, 3.63) is 76.5 Å². The van der Waals surface area contributed by atoms with E-state index in [9.17, 15) is 4.79 Å². The third-order valence-electron chi connectivity index (χ3n) is 7.24. The van der Waals surface area contributed by atoms with Gasteiger partial charge in [0.1, 0.15) is 0 Å². The Morgan fingerprint density at radius 1 is 1.06 bits per heavy atom. The third-order valence-corrected chi connectivity index (χ3v) is 7.24. The maximum Gasteiger partial charge on any atom is 0.252 e. The summed E-state index contributed by atoms with van der Waals surface area (Å²) in [5.74, 6) is 2.03. The van der Waals surface area contributed by atoms with Gasteiger partial charge in [0.15, 0.2) is 5.82 Å². The summed E-state index contributed by atoms with van der Waals surface area (Å²) in [4.78, 5) is 21.8. The molecule has 1 amide bonds. The van der Waals surface area contributed by atoms with Gasteiger partial charge < -0.3 is 10.6 Å². The minimum Gasteiger partial charge on any atom is -0.345 e. The molecule has 3 heterocycles. The van der Waals surface area contributed by atoms with Crippen LogP contribution in [0.25, 0.3) is 22.6 Å². The van der Waals surface area contributed by atoms with Crippen LogP contribution in [0.1, 0.15) is 71.3 Å². The highest BCUT2D eigenvalue weighted by Crippen LogP contribution is 2.40. The van der Waals surface area contributed by atoms with Crippen molar-refractivity contribution in [2.24, 2.45) is 0 Å². The van der Waals surface area contributed by atoms with Crippen LogP contribution in [0.4, 0.5) is 11.6 Å². The number of hydrogen-bond donors (Lipinski definition) is 2. The van der Waals surface area contributed by atoms with E-state index in [1.807, 2.05) is 43.8 Å². The lowest BCUT2D eigenvalue weighted by molar-refractivity contribution is 0.0958. The van der Waals surface area contributed by atoms with Gasteiger partial charge in [-0.25, -0.2) is 4.68 Å². The van der Waals surface area contributed by atoms with Gasteiger partial charge >= 0.3 is 0 Å². The summed E-state index contributed by atoms with van der Waals surface area (Å²) in [5, 5.41) is 11.2. The highest BCUT2D eigenvalue weighted by Gasteiger charge is 2.27. The van der Waals surface area contributed by atoms with Gasteiger partial charge in [-0.05, 0) is 86.9 Å². The third kappa shape index (κ3) is 3.94.